The molecule has 17 heavy (non-hydrogen) atoms. The zero-order chi connectivity index (χ0) is 12.5. The minimum atomic E-state index is -0.781. The highest BCUT2D eigenvalue weighted by atomic mass is 16.4. The van der Waals surface area contributed by atoms with Gasteiger partial charge in [-0.15, -0.1) is 0 Å². The highest BCUT2D eigenvalue weighted by molar-refractivity contribution is 5.73. The number of nitrogens with zero attached hydrogens (tertiary/aromatic N) is 1. The summed E-state index contributed by atoms with van der Waals surface area (Å²) in [6.45, 7) is 3.46. The van der Waals surface area contributed by atoms with Crippen LogP contribution < -0.4 is 0 Å². The van der Waals surface area contributed by atoms with Gasteiger partial charge in [0.25, 0.3) is 0 Å². The number of H-pyrrole nitrogens is 1. The quantitative estimate of drug-likeness (QED) is 0.844. The molecule has 2 rings (SSSR count). The maximum absolute atomic E-state index is 11.0. The van der Waals surface area contributed by atoms with E-state index in [-0.39, 0.29) is 0 Å². The third-order valence-corrected chi connectivity index (χ3v) is 3.63. The molecular weight excluding hydrogens is 216 g/mol. The van der Waals surface area contributed by atoms with Crippen molar-refractivity contribution in [2.24, 2.45) is 5.41 Å². The molecule has 1 saturated carbocycles. The van der Waals surface area contributed by atoms with E-state index in [2.05, 4.69) is 9.97 Å². The summed E-state index contributed by atoms with van der Waals surface area (Å²) in [5, 5.41) is 9.08. The molecule has 1 heterocycles. The number of hydrogen-bond donors (Lipinski definition) is 2. The Labute approximate surface area is 101 Å². The van der Waals surface area contributed by atoms with Crippen molar-refractivity contribution in [3.8, 4) is 0 Å². The van der Waals surface area contributed by atoms with Gasteiger partial charge in [-0.25, -0.2) is 4.98 Å². The normalized spacial score (nSPS) is 17.5. The van der Waals surface area contributed by atoms with Gasteiger partial charge in [-0.2, -0.15) is 0 Å². The lowest BCUT2D eigenvalue weighted by atomic mass is 9.89. The second kappa shape index (κ2) is 4.51. The van der Waals surface area contributed by atoms with Crippen LogP contribution in [0.5, 0.6) is 0 Å². The minimum Gasteiger partial charge on any atom is -0.481 e. The van der Waals surface area contributed by atoms with E-state index >= 15 is 0 Å². The van der Waals surface area contributed by atoms with E-state index in [9.17, 15) is 4.79 Å². The first-order chi connectivity index (χ1) is 7.99. The van der Waals surface area contributed by atoms with Gasteiger partial charge in [0, 0.05) is 24.2 Å². The number of carboxylic acid groups (broad SMARTS) is 1. The van der Waals surface area contributed by atoms with Crippen LogP contribution in [0.25, 0.3) is 0 Å². The van der Waals surface area contributed by atoms with Gasteiger partial charge in [0.2, 0.25) is 0 Å². The van der Waals surface area contributed by atoms with Crippen molar-refractivity contribution in [2.45, 2.75) is 51.9 Å². The number of aromatic nitrogens is 2. The Bertz CT molecular complexity index is 403. The molecule has 0 aliphatic heterocycles. The molecule has 1 aromatic heterocycles. The average molecular weight is 236 g/mol. The van der Waals surface area contributed by atoms with Crippen LogP contribution in [0.3, 0.4) is 0 Å². The van der Waals surface area contributed by atoms with Crippen LogP contribution in [0.1, 0.15) is 57.0 Å². The van der Waals surface area contributed by atoms with Gasteiger partial charge in [-0.1, -0.05) is 12.8 Å². The van der Waals surface area contributed by atoms with Gasteiger partial charge in [-0.05, 0) is 26.7 Å². The second-order valence-corrected chi connectivity index (χ2v) is 5.63. The highest BCUT2D eigenvalue weighted by Gasteiger charge is 2.29. The van der Waals surface area contributed by atoms with Gasteiger partial charge < -0.3 is 10.1 Å². The Morgan fingerprint density at radius 2 is 2.18 bits per heavy atom. The molecule has 0 unspecified atom stereocenters. The third-order valence-electron chi connectivity index (χ3n) is 3.63. The Morgan fingerprint density at radius 1 is 1.53 bits per heavy atom. The fourth-order valence-corrected chi connectivity index (χ4v) is 2.41. The van der Waals surface area contributed by atoms with Crippen LogP contribution in [0.2, 0.25) is 0 Å². The standard InChI is InChI=1S/C13H20N2O2/c1-13(2,12(16)17)7-11-14-8-10(15-11)9-5-3-4-6-9/h8-9H,3-7H2,1-2H3,(H,14,15)(H,16,17). The van der Waals surface area contributed by atoms with E-state index in [0.29, 0.717) is 12.3 Å². The van der Waals surface area contributed by atoms with Crippen molar-refractivity contribution >= 4 is 5.97 Å². The van der Waals surface area contributed by atoms with Gasteiger partial charge in [0.15, 0.2) is 0 Å². The SMILES string of the molecule is CC(C)(Cc1ncc(C2CCCC2)[nH]1)C(=O)O. The van der Waals surface area contributed by atoms with Crippen LogP contribution in [0.15, 0.2) is 6.20 Å². The lowest BCUT2D eigenvalue weighted by molar-refractivity contribution is -0.146. The molecule has 4 nitrogen and oxygen atoms in total. The molecule has 0 bridgehead atoms. The molecule has 4 heteroatoms. The molecule has 0 aromatic carbocycles. The third kappa shape index (κ3) is 2.68. The van der Waals surface area contributed by atoms with Crippen molar-refractivity contribution in [3.63, 3.8) is 0 Å². The average Bonchev–Trinajstić information content (AvgIpc) is 2.85. The van der Waals surface area contributed by atoms with E-state index in [0.717, 1.165) is 5.82 Å². The first-order valence-electron chi connectivity index (χ1n) is 6.26. The number of nitrogens with one attached hydrogen (secondary N) is 1. The molecule has 1 fully saturated rings. The number of carbonyl (C=O) groups is 1. The second-order valence-electron chi connectivity index (χ2n) is 5.63. The molecule has 1 aromatic rings. The highest BCUT2D eigenvalue weighted by Crippen LogP contribution is 2.33. The molecule has 1 aliphatic carbocycles. The summed E-state index contributed by atoms with van der Waals surface area (Å²) < 4.78 is 0. The van der Waals surface area contributed by atoms with E-state index in [1.54, 1.807) is 13.8 Å². The number of aromatic amines is 1. The number of hydrogen-bond acceptors (Lipinski definition) is 2. The van der Waals surface area contributed by atoms with E-state index in [4.69, 9.17) is 5.11 Å². The summed E-state index contributed by atoms with van der Waals surface area (Å²) in [6.07, 6.45) is 7.37. The Balaban J connectivity index is 2.05. The van der Waals surface area contributed by atoms with E-state index < -0.39 is 11.4 Å². The molecule has 0 saturated heterocycles. The fourth-order valence-electron chi connectivity index (χ4n) is 2.41. The summed E-state index contributed by atoms with van der Waals surface area (Å²) in [7, 11) is 0. The Kier molecular flexibility index (Phi) is 3.22. The number of rotatable bonds is 4. The summed E-state index contributed by atoms with van der Waals surface area (Å²) in [6, 6.07) is 0. The molecule has 0 radical (unpaired) electrons. The molecule has 0 spiro atoms. The summed E-state index contributed by atoms with van der Waals surface area (Å²) in [5.41, 5.74) is 0.420. The number of aliphatic carboxylic acids is 1. The van der Waals surface area contributed by atoms with E-state index in [1.807, 2.05) is 6.20 Å². The maximum Gasteiger partial charge on any atom is 0.309 e. The van der Waals surface area contributed by atoms with Gasteiger partial charge in [0.05, 0.1) is 5.41 Å². The van der Waals surface area contributed by atoms with Crippen molar-refractivity contribution < 1.29 is 9.90 Å². The first-order valence-corrected chi connectivity index (χ1v) is 6.26. The van der Waals surface area contributed by atoms with Gasteiger partial charge >= 0.3 is 5.97 Å². The number of imidazole rings is 1. The zero-order valence-corrected chi connectivity index (χ0v) is 10.5. The molecule has 1 aliphatic rings. The molecule has 94 valence electrons. The predicted octanol–water partition coefficient (Wildman–Crippen LogP) is 2.72. The first kappa shape index (κ1) is 12.1. The largest absolute Gasteiger partial charge is 0.481 e. The van der Waals surface area contributed by atoms with Crippen LogP contribution in [0, 0.1) is 5.41 Å². The topological polar surface area (TPSA) is 66.0 Å². The van der Waals surface area contributed by atoms with Crippen molar-refractivity contribution in [1.29, 1.82) is 0 Å². The lowest BCUT2D eigenvalue weighted by Gasteiger charge is -2.17. The van der Waals surface area contributed by atoms with E-state index in [1.165, 1.54) is 31.4 Å². The minimum absolute atomic E-state index is 0.453. The molecule has 0 atom stereocenters. The molecular formula is C13H20N2O2. The molecule has 2 N–H and O–H groups in total. The summed E-state index contributed by atoms with van der Waals surface area (Å²) in [5.74, 6) is 0.611. The maximum atomic E-state index is 11.0. The van der Waals surface area contributed by atoms with Crippen molar-refractivity contribution in [1.82, 2.24) is 9.97 Å². The summed E-state index contributed by atoms with van der Waals surface area (Å²) >= 11 is 0. The van der Waals surface area contributed by atoms with Crippen molar-refractivity contribution in [2.75, 3.05) is 0 Å². The number of carboxylic acids is 1. The fraction of sp³-hybridized carbons (Fsp3) is 0.692. The smallest absolute Gasteiger partial charge is 0.309 e. The Hall–Kier alpha value is -1.32. The predicted molar refractivity (Wildman–Crippen MR) is 64.9 cm³/mol. The van der Waals surface area contributed by atoms with Crippen LogP contribution in [-0.4, -0.2) is 21.0 Å². The van der Waals surface area contributed by atoms with Gasteiger partial charge in [0.1, 0.15) is 5.82 Å². The van der Waals surface area contributed by atoms with Crippen LogP contribution >= 0.6 is 0 Å². The zero-order valence-electron chi connectivity index (χ0n) is 10.5. The summed E-state index contributed by atoms with van der Waals surface area (Å²) in [4.78, 5) is 18.6. The Morgan fingerprint density at radius 3 is 2.76 bits per heavy atom. The van der Waals surface area contributed by atoms with Crippen LogP contribution in [0.4, 0.5) is 0 Å². The van der Waals surface area contributed by atoms with Crippen LogP contribution in [-0.2, 0) is 11.2 Å². The van der Waals surface area contributed by atoms with Gasteiger partial charge in [-0.3, -0.25) is 4.79 Å². The molecule has 0 amide bonds. The monoisotopic (exact) mass is 236 g/mol. The lowest BCUT2D eigenvalue weighted by Crippen LogP contribution is -2.26. The van der Waals surface area contributed by atoms with Crippen molar-refractivity contribution in [3.05, 3.63) is 17.7 Å².